The number of aryl methyl sites for hydroxylation is 2. The quantitative estimate of drug-likeness (QED) is 0.701. The number of nitrogens with zero attached hydrogens (tertiary/aromatic N) is 3. The van der Waals surface area contributed by atoms with Crippen molar-refractivity contribution < 1.29 is 4.74 Å². The largest absolute Gasteiger partial charge is 0.383 e. The molecule has 0 aromatic carbocycles. The molecule has 1 aromatic rings. The van der Waals surface area contributed by atoms with Crippen molar-refractivity contribution in [1.29, 1.82) is 0 Å². The number of hydrogen-bond acceptors (Lipinski definition) is 4. The van der Waals surface area contributed by atoms with Gasteiger partial charge in [0.25, 0.3) is 0 Å². The maximum atomic E-state index is 5.81. The molecule has 0 aliphatic carbocycles. The summed E-state index contributed by atoms with van der Waals surface area (Å²) in [4.78, 5) is 11.0. The summed E-state index contributed by atoms with van der Waals surface area (Å²) in [5.74, 6) is 2.32. The van der Waals surface area contributed by atoms with Crippen LogP contribution < -0.4 is 4.90 Å². The minimum atomic E-state index is 0.578. The lowest BCUT2D eigenvalue weighted by Gasteiger charge is -2.23. The van der Waals surface area contributed by atoms with Crippen LogP contribution in [0.3, 0.4) is 0 Å². The number of halogens is 1. The molecule has 1 rings (SSSR count). The lowest BCUT2D eigenvalue weighted by Crippen LogP contribution is -2.30. The van der Waals surface area contributed by atoms with E-state index in [1.165, 1.54) is 0 Å². The zero-order valence-corrected chi connectivity index (χ0v) is 11.5. The average molecular weight is 258 g/mol. The molecule has 0 bridgehead atoms. The Morgan fingerprint density at radius 2 is 2.12 bits per heavy atom. The summed E-state index contributed by atoms with van der Waals surface area (Å²) >= 11 is 5.81. The molecule has 0 unspecified atom stereocenters. The minimum absolute atomic E-state index is 0.578. The van der Waals surface area contributed by atoms with E-state index in [1.807, 2.05) is 13.0 Å². The molecular formula is C12H20ClN3O. The third-order valence-electron chi connectivity index (χ3n) is 2.48. The van der Waals surface area contributed by atoms with Gasteiger partial charge < -0.3 is 9.64 Å². The molecule has 0 atom stereocenters. The van der Waals surface area contributed by atoms with Gasteiger partial charge in [0.2, 0.25) is 0 Å². The van der Waals surface area contributed by atoms with E-state index in [0.29, 0.717) is 12.5 Å². The first-order valence-corrected chi connectivity index (χ1v) is 6.39. The van der Waals surface area contributed by atoms with Crippen molar-refractivity contribution in [2.24, 2.45) is 0 Å². The van der Waals surface area contributed by atoms with Crippen molar-refractivity contribution in [3.8, 4) is 0 Å². The maximum Gasteiger partial charge on any atom is 0.132 e. The summed E-state index contributed by atoms with van der Waals surface area (Å²) in [7, 11) is 1.70. The molecule has 4 nitrogen and oxygen atoms in total. The van der Waals surface area contributed by atoms with Crippen LogP contribution in [0.15, 0.2) is 6.07 Å². The lowest BCUT2D eigenvalue weighted by molar-refractivity contribution is 0.205. The highest BCUT2D eigenvalue weighted by Crippen LogP contribution is 2.13. The monoisotopic (exact) mass is 257 g/mol. The number of anilines is 1. The van der Waals surface area contributed by atoms with Crippen LogP contribution in [0.2, 0.25) is 0 Å². The van der Waals surface area contributed by atoms with Gasteiger partial charge in [0.1, 0.15) is 11.6 Å². The summed E-state index contributed by atoms with van der Waals surface area (Å²) in [6.07, 6.45) is 0.912. The van der Waals surface area contributed by atoms with Crippen molar-refractivity contribution in [3.63, 3.8) is 0 Å². The van der Waals surface area contributed by atoms with Crippen molar-refractivity contribution in [2.75, 3.05) is 37.6 Å². The van der Waals surface area contributed by atoms with Gasteiger partial charge in [-0.05, 0) is 13.3 Å². The number of aromatic nitrogens is 2. The van der Waals surface area contributed by atoms with E-state index >= 15 is 0 Å². The Hall–Kier alpha value is -0.870. The van der Waals surface area contributed by atoms with Crippen LogP contribution in [-0.2, 0) is 11.2 Å². The lowest BCUT2D eigenvalue weighted by atomic mass is 10.3. The van der Waals surface area contributed by atoms with Crippen LogP contribution in [0.25, 0.3) is 0 Å². The molecule has 0 saturated heterocycles. The third-order valence-corrected chi connectivity index (χ3v) is 2.65. The fourth-order valence-corrected chi connectivity index (χ4v) is 1.80. The van der Waals surface area contributed by atoms with Gasteiger partial charge in [-0.3, -0.25) is 0 Å². The van der Waals surface area contributed by atoms with Gasteiger partial charge in [0.15, 0.2) is 0 Å². The highest BCUT2D eigenvalue weighted by atomic mass is 35.5. The van der Waals surface area contributed by atoms with Gasteiger partial charge in [-0.2, -0.15) is 0 Å². The summed E-state index contributed by atoms with van der Waals surface area (Å²) in [6, 6.07) is 2.02. The molecule has 0 aliphatic rings. The van der Waals surface area contributed by atoms with Crippen LogP contribution in [-0.4, -0.2) is 42.7 Å². The molecule has 0 saturated carbocycles. The number of hydrogen-bond donors (Lipinski definition) is 0. The first-order chi connectivity index (χ1) is 8.21. The summed E-state index contributed by atoms with van der Waals surface area (Å²) < 4.78 is 5.10. The normalized spacial score (nSPS) is 10.6. The predicted molar refractivity (Wildman–Crippen MR) is 71.0 cm³/mol. The first kappa shape index (κ1) is 14.2. The van der Waals surface area contributed by atoms with Crippen LogP contribution in [0.4, 0.5) is 5.82 Å². The molecule has 1 aromatic heterocycles. The standard InChI is InChI=1S/C12H20ClN3O/c1-4-11-9-12(15-10(2)14-11)16(6-5-13)7-8-17-3/h9H,4-8H2,1-3H3. The molecule has 1 heterocycles. The maximum absolute atomic E-state index is 5.81. The second kappa shape index (κ2) is 7.45. The predicted octanol–water partition coefficient (Wildman–Crippen LogP) is 2.04. The Kier molecular flexibility index (Phi) is 6.22. The average Bonchev–Trinajstić information content (AvgIpc) is 2.33. The third kappa shape index (κ3) is 4.48. The van der Waals surface area contributed by atoms with E-state index in [1.54, 1.807) is 7.11 Å². The topological polar surface area (TPSA) is 38.2 Å². The highest BCUT2D eigenvalue weighted by molar-refractivity contribution is 6.18. The van der Waals surface area contributed by atoms with Crippen LogP contribution in [0, 0.1) is 6.92 Å². The molecule has 0 radical (unpaired) electrons. The van der Waals surface area contributed by atoms with Crippen molar-refractivity contribution in [1.82, 2.24) is 9.97 Å². The molecule has 0 amide bonds. The molecule has 96 valence electrons. The molecule has 5 heteroatoms. The highest BCUT2D eigenvalue weighted by Gasteiger charge is 2.09. The molecule has 0 fully saturated rings. The van der Waals surface area contributed by atoms with E-state index in [4.69, 9.17) is 16.3 Å². The second-order valence-electron chi connectivity index (χ2n) is 3.79. The molecular weight excluding hydrogens is 238 g/mol. The zero-order chi connectivity index (χ0) is 12.7. The second-order valence-corrected chi connectivity index (χ2v) is 4.17. The van der Waals surface area contributed by atoms with Gasteiger partial charge >= 0.3 is 0 Å². The smallest absolute Gasteiger partial charge is 0.132 e. The van der Waals surface area contributed by atoms with Crippen molar-refractivity contribution >= 4 is 17.4 Å². The fourth-order valence-electron chi connectivity index (χ4n) is 1.60. The number of alkyl halides is 1. The number of methoxy groups -OCH3 is 1. The Morgan fingerprint density at radius 1 is 1.35 bits per heavy atom. The molecule has 0 aliphatic heterocycles. The fraction of sp³-hybridized carbons (Fsp3) is 0.667. The molecule has 17 heavy (non-hydrogen) atoms. The Morgan fingerprint density at radius 3 is 2.71 bits per heavy atom. The Balaban J connectivity index is 2.87. The summed E-state index contributed by atoms with van der Waals surface area (Å²) in [5, 5.41) is 0. The minimum Gasteiger partial charge on any atom is -0.383 e. The van der Waals surface area contributed by atoms with Crippen molar-refractivity contribution in [3.05, 3.63) is 17.6 Å². The zero-order valence-electron chi connectivity index (χ0n) is 10.7. The first-order valence-electron chi connectivity index (χ1n) is 5.85. The Labute approximate surface area is 108 Å². The Bertz CT molecular complexity index is 347. The van der Waals surface area contributed by atoms with Gasteiger partial charge in [-0.1, -0.05) is 6.92 Å². The van der Waals surface area contributed by atoms with E-state index < -0.39 is 0 Å². The summed E-state index contributed by atoms with van der Waals surface area (Å²) in [5.41, 5.74) is 1.06. The number of rotatable bonds is 7. The van der Waals surface area contributed by atoms with E-state index in [-0.39, 0.29) is 0 Å². The van der Waals surface area contributed by atoms with E-state index in [9.17, 15) is 0 Å². The SMILES string of the molecule is CCc1cc(N(CCCl)CCOC)nc(C)n1. The van der Waals surface area contributed by atoms with E-state index in [0.717, 1.165) is 36.8 Å². The van der Waals surface area contributed by atoms with Crippen LogP contribution in [0.5, 0.6) is 0 Å². The van der Waals surface area contributed by atoms with Gasteiger partial charge in [-0.15, -0.1) is 11.6 Å². The molecule has 0 spiro atoms. The van der Waals surface area contributed by atoms with Crippen LogP contribution >= 0.6 is 11.6 Å². The molecule has 0 N–H and O–H groups in total. The summed E-state index contributed by atoms with van der Waals surface area (Å²) in [6.45, 7) is 6.24. The van der Waals surface area contributed by atoms with Gasteiger partial charge in [0, 0.05) is 37.8 Å². The van der Waals surface area contributed by atoms with Gasteiger partial charge in [-0.25, -0.2) is 9.97 Å². The number of ether oxygens (including phenoxy) is 1. The van der Waals surface area contributed by atoms with Gasteiger partial charge in [0.05, 0.1) is 6.61 Å². The van der Waals surface area contributed by atoms with E-state index in [2.05, 4.69) is 21.8 Å². The van der Waals surface area contributed by atoms with Crippen molar-refractivity contribution in [2.45, 2.75) is 20.3 Å². The van der Waals surface area contributed by atoms with Crippen LogP contribution in [0.1, 0.15) is 18.4 Å².